The van der Waals surface area contributed by atoms with E-state index in [2.05, 4.69) is 36.0 Å². The Morgan fingerprint density at radius 2 is 1.95 bits per heavy atom. The molecule has 0 radical (unpaired) electrons. The molecule has 0 aromatic heterocycles. The Hall–Kier alpha value is -0.160. The van der Waals surface area contributed by atoms with Gasteiger partial charge in [0.25, 0.3) is 0 Å². The van der Waals surface area contributed by atoms with Crippen LogP contribution in [0.3, 0.4) is 0 Å². The minimum atomic E-state index is 0.285. The number of nitrogens with one attached hydrogen (secondary N) is 1. The lowest BCUT2D eigenvalue weighted by Crippen LogP contribution is -2.62. The zero-order valence-electron chi connectivity index (χ0n) is 12.8. The van der Waals surface area contributed by atoms with Crippen LogP contribution in [-0.4, -0.2) is 72.9 Å². The van der Waals surface area contributed by atoms with Crippen molar-refractivity contribution in [1.82, 2.24) is 15.1 Å². The van der Waals surface area contributed by atoms with Crippen LogP contribution in [0.4, 0.5) is 0 Å². The minimum Gasteiger partial charge on any atom is -0.395 e. The molecule has 112 valence electrons. The standard InChI is InChI=1S/C15H31N3O/c1-12(2)8-13-10-18(15(11-19)9-16-13)14-4-6-17(3)7-5-14/h12-16,19H,4-11H2,1-3H3. The van der Waals surface area contributed by atoms with E-state index in [4.69, 9.17) is 0 Å². The molecule has 19 heavy (non-hydrogen) atoms. The summed E-state index contributed by atoms with van der Waals surface area (Å²) in [4.78, 5) is 5.01. The van der Waals surface area contributed by atoms with Crippen molar-refractivity contribution in [3.8, 4) is 0 Å². The molecule has 0 aliphatic carbocycles. The lowest BCUT2D eigenvalue weighted by atomic mass is 9.95. The van der Waals surface area contributed by atoms with Crippen LogP contribution in [0.1, 0.15) is 33.1 Å². The van der Waals surface area contributed by atoms with Crippen LogP contribution in [0.15, 0.2) is 0 Å². The van der Waals surface area contributed by atoms with E-state index in [1.807, 2.05) is 0 Å². The molecule has 0 saturated carbocycles. The van der Waals surface area contributed by atoms with Crippen molar-refractivity contribution in [2.75, 3.05) is 39.8 Å². The molecule has 2 aliphatic heterocycles. The second-order valence-electron chi connectivity index (χ2n) is 6.80. The molecule has 2 unspecified atom stereocenters. The average Bonchev–Trinajstić information content (AvgIpc) is 2.39. The van der Waals surface area contributed by atoms with Crippen LogP contribution < -0.4 is 5.32 Å². The van der Waals surface area contributed by atoms with E-state index in [0.717, 1.165) is 19.0 Å². The first-order chi connectivity index (χ1) is 9.10. The number of nitrogens with zero attached hydrogens (tertiary/aromatic N) is 2. The van der Waals surface area contributed by atoms with E-state index >= 15 is 0 Å². The summed E-state index contributed by atoms with van der Waals surface area (Å²) in [6.07, 6.45) is 3.74. The van der Waals surface area contributed by atoms with Crippen molar-refractivity contribution < 1.29 is 5.11 Å². The maximum atomic E-state index is 9.62. The first kappa shape index (κ1) is 15.2. The first-order valence-electron chi connectivity index (χ1n) is 7.88. The van der Waals surface area contributed by atoms with Crippen LogP contribution in [0, 0.1) is 5.92 Å². The minimum absolute atomic E-state index is 0.285. The van der Waals surface area contributed by atoms with Crippen molar-refractivity contribution in [2.45, 2.75) is 51.2 Å². The van der Waals surface area contributed by atoms with Crippen LogP contribution in [0.2, 0.25) is 0 Å². The van der Waals surface area contributed by atoms with E-state index in [1.54, 1.807) is 0 Å². The molecule has 0 aromatic carbocycles. The third-order valence-electron chi connectivity index (χ3n) is 4.67. The molecule has 2 aliphatic rings. The molecule has 2 heterocycles. The molecule has 2 atom stereocenters. The highest BCUT2D eigenvalue weighted by Gasteiger charge is 2.33. The van der Waals surface area contributed by atoms with Gasteiger partial charge in [0.1, 0.15) is 0 Å². The third-order valence-corrected chi connectivity index (χ3v) is 4.67. The van der Waals surface area contributed by atoms with E-state index in [-0.39, 0.29) is 6.61 Å². The van der Waals surface area contributed by atoms with Crippen LogP contribution in [0.5, 0.6) is 0 Å². The summed E-state index contributed by atoms with van der Waals surface area (Å²) in [7, 11) is 2.21. The Bertz CT molecular complexity index is 264. The van der Waals surface area contributed by atoms with Crippen molar-refractivity contribution >= 4 is 0 Å². The molecule has 2 saturated heterocycles. The fraction of sp³-hybridized carbons (Fsp3) is 1.00. The second-order valence-corrected chi connectivity index (χ2v) is 6.80. The zero-order valence-corrected chi connectivity index (χ0v) is 12.8. The Kier molecular flexibility index (Phi) is 5.63. The second kappa shape index (κ2) is 7.02. The lowest BCUT2D eigenvalue weighted by Gasteiger charge is -2.46. The topological polar surface area (TPSA) is 38.7 Å². The number of piperidine rings is 1. The molecule has 0 aromatic rings. The Morgan fingerprint density at radius 1 is 1.26 bits per heavy atom. The third kappa shape index (κ3) is 4.15. The Balaban J connectivity index is 1.93. The van der Waals surface area contributed by atoms with E-state index in [1.165, 1.54) is 32.4 Å². The van der Waals surface area contributed by atoms with E-state index in [0.29, 0.717) is 18.1 Å². The molecule has 4 heteroatoms. The van der Waals surface area contributed by atoms with Crippen molar-refractivity contribution in [3.05, 3.63) is 0 Å². The SMILES string of the molecule is CC(C)CC1CN(C2CCN(C)CC2)C(CO)CN1. The number of piperazine rings is 1. The van der Waals surface area contributed by atoms with Gasteiger partial charge in [-0.05, 0) is 45.3 Å². The maximum Gasteiger partial charge on any atom is 0.0599 e. The van der Waals surface area contributed by atoms with Gasteiger partial charge in [-0.3, -0.25) is 4.90 Å². The van der Waals surface area contributed by atoms with Gasteiger partial charge in [-0.25, -0.2) is 0 Å². The maximum absolute atomic E-state index is 9.62. The summed E-state index contributed by atoms with van der Waals surface area (Å²) in [5.74, 6) is 0.738. The van der Waals surface area contributed by atoms with Gasteiger partial charge in [0.2, 0.25) is 0 Å². The number of aliphatic hydroxyl groups excluding tert-OH is 1. The summed E-state index contributed by atoms with van der Waals surface area (Å²) in [6.45, 7) is 9.31. The average molecular weight is 269 g/mol. The van der Waals surface area contributed by atoms with Crippen LogP contribution in [0.25, 0.3) is 0 Å². The molecular formula is C15H31N3O. The number of likely N-dealkylation sites (tertiary alicyclic amines) is 1. The molecular weight excluding hydrogens is 238 g/mol. The highest BCUT2D eigenvalue weighted by atomic mass is 16.3. The highest BCUT2D eigenvalue weighted by Crippen LogP contribution is 2.22. The molecule has 0 bridgehead atoms. The summed E-state index contributed by atoms with van der Waals surface area (Å²) < 4.78 is 0. The van der Waals surface area contributed by atoms with Crippen LogP contribution in [-0.2, 0) is 0 Å². The fourth-order valence-corrected chi connectivity index (χ4v) is 3.56. The number of hydrogen-bond acceptors (Lipinski definition) is 4. The van der Waals surface area contributed by atoms with Gasteiger partial charge >= 0.3 is 0 Å². The Morgan fingerprint density at radius 3 is 2.53 bits per heavy atom. The monoisotopic (exact) mass is 269 g/mol. The molecule has 2 rings (SSSR count). The van der Waals surface area contributed by atoms with Crippen molar-refractivity contribution in [1.29, 1.82) is 0 Å². The highest BCUT2D eigenvalue weighted by molar-refractivity contribution is 4.91. The largest absolute Gasteiger partial charge is 0.395 e. The van der Waals surface area contributed by atoms with Crippen molar-refractivity contribution in [2.24, 2.45) is 5.92 Å². The first-order valence-corrected chi connectivity index (χ1v) is 7.88. The summed E-state index contributed by atoms with van der Waals surface area (Å²) in [5, 5.41) is 13.2. The van der Waals surface area contributed by atoms with Crippen molar-refractivity contribution in [3.63, 3.8) is 0 Å². The predicted octanol–water partition coefficient (Wildman–Crippen LogP) is 0.761. The zero-order chi connectivity index (χ0) is 13.8. The summed E-state index contributed by atoms with van der Waals surface area (Å²) >= 11 is 0. The predicted molar refractivity (Wildman–Crippen MR) is 79.3 cm³/mol. The van der Waals surface area contributed by atoms with Gasteiger partial charge in [-0.2, -0.15) is 0 Å². The number of aliphatic hydroxyl groups is 1. The van der Waals surface area contributed by atoms with Gasteiger partial charge in [-0.1, -0.05) is 13.8 Å². The summed E-state index contributed by atoms with van der Waals surface area (Å²) in [5.41, 5.74) is 0. The fourth-order valence-electron chi connectivity index (χ4n) is 3.56. The van der Waals surface area contributed by atoms with E-state index in [9.17, 15) is 5.11 Å². The van der Waals surface area contributed by atoms with Gasteiger partial charge in [0.05, 0.1) is 6.61 Å². The molecule has 4 nitrogen and oxygen atoms in total. The molecule has 2 fully saturated rings. The lowest BCUT2D eigenvalue weighted by molar-refractivity contribution is 0.0183. The Labute approximate surface area is 118 Å². The van der Waals surface area contributed by atoms with Gasteiger partial charge < -0.3 is 15.3 Å². The van der Waals surface area contributed by atoms with Gasteiger partial charge in [0.15, 0.2) is 0 Å². The molecule has 2 N–H and O–H groups in total. The quantitative estimate of drug-likeness (QED) is 0.790. The van der Waals surface area contributed by atoms with E-state index < -0.39 is 0 Å². The summed E-state index contributed by atoms with van der Waals surface area (Å²) in [6, 6.07) is 1.59. The molecule has 0 amide bonds. The number of hydrogen-bond donors (Lipinski definition) is 2. The normalized spacial score (nSPS) is 32.1. The smallest absolute Gasteiger partial charge is 0.0599 e. The number of rotatable bonds is 4. The van der Waals surface area contributed by atoms with Crippen LogP contribution >= 0.6 is 0 Å². The van der Waals surface area contributed by atoms with Gasteiger partial charge in [0, 0.05) is 31.2 Å². The van der Waals surface area contributed by atoms with Gasteiger partial charge in [-0.15, -0.1) is 0 Å². The molecule has 0 spiro atoms.